The Morgan fingerprint density at radius 1 is 1.15 bits per heavy atom. The lowest BCUT2D eigenvalue weighted by Crippen LogP contribution is -2.17. The van der Waals surface area contributed by atoms with Crippen LogP contribution in [0, 0.1) is 11.3 Å². The Labute approximate surface area is 186 Å². The maximum Gasteiger partial charge on any atom is 0.573 e. The molecule has 170 valence electrons. The molecule has 3 aromatic rings. The van der Waals surface area contributed by atoms with Crippen LogP contribution in [-0.4, -0.2) is 34.8 Å². The SMILES string of the molecule is CCOC(=O)CCC(=O)c1nc2c(-c3cccc(OC(F)(F)F)c3)cccc2c(C#N)c1O. The number of aromatic hydroxyl groups is 1. The number of aromatic nitrogens is 1. The van der Waals surface area contributed by atoms with E-state index in [1.54, 1.807) is 19.1 Å². The van der Waals surface area contributed by atoms with Gasteiger partial charge in [-0.15, -0.1) is 13.2 Å². The summed E-state index contributed by atoms with van der Waals surface area (Å²) in [6, 6.07) is 11.6. The van der Waals surface area contributed by atoms with Crippen molar-refractivity contribution in [3.05, 3.63) is 53.7 Å². The number of rotatable bonds is 7. The number of alkyl halides is 3. The maximum atomic E-state index is 12.7. The van der Waals surface area contributed by atoms with E-state index < -0.39 is 35.3 Å². The van der Waals surface area contributed by atoms with E-state index in [9.17, 15) is 33.1 Å². The van der Waals surface area contributed by atoms with Gasteiger partial charge in [0, 0.05) is 17.4 Å². The average molecular weight is 458 g/mol. The first kappa shape index (κ1) is 23.5. The molecule has 0 bridgehead atoms. The molecule has 33 heavy (non-hydrogen) atoms. The number of nitrogens with zero attached hydrogens (tertiary/aromatic N) is 2. The van der Waals surface area contributed by atoms with Crippen molar-refractivity contribution in [1.29, 1.82) is 5.26 Å². The third kappa shape index (κ3) is 5.38. The summed E-state index contributed by atoms with van der Waals surface area (Å²) in [4.78, 5) is 28.4. The molecule has 7 nitrogen and oxygen atoms in total. The Kier molecular flexibility index (Phi) is 6.82. The number of hydrogen-bond donors (Lipinski definition) is 1. The molecule has 0 amide bonds. The van der Waals surface area contributed by atoms with Gasteiger partial charge >= 0.3 is 12.3 Å². The van der Waals surface area contributed by atoms with E-state index in [-0.39, 0.29) is 41.5 Å². The monoisotopic (exact) mass is 458 g/mol. The summed E-state index contributed by atoms with van der Waals surface area (Å²) in [5, 5.41) is 20.3. The minimum Gasteiger partial charge on any atom is -0.504 e. The standard InChI is InChI=1S/C23H17F3N2O5/c1-2-32-19(30)10-9-18(29)21-22(31)17(12-27)16-8-4-7-15(20(16)28-21)13-5-3-6-14(11-13)33-23(24,25)26/h3-8,11,31H,2,9-10H2,1H3. The van der Waals surface area contributed by atoms with E-state index in [0.717, 1.165) is 12.1 Å². The fraction of sp³-hybridized carbons (Fsp3) is 0.217. The van der Waals surface area contributed by atoms with Crippen molar-refractivity contribution in [2.75, 3.05) is 6.61 Å². The van der Waals surface area contributed by atoms with Gasteiger partial charge in [0.15, 0.2) is 11.5 Å². The normalized spacial score (nSPS) is 11.1. The molecule has 0 saturated carbocycles. The van der Waals surface area contributed by atoms with Crippen molar-refractivity contribution in [1.82, 2.24) is 4.98 Å². The molecule has 0 unspecified atom stereocenters. The summed E-state index contributed by atoms with van der Waals surface area (Å²) < 4.78 is 46.6. The lowest BCUT2D eigenvalue weighted by atomic mass is 9.97. The number of carbonyl (C=O) groups is 2. The second-order valence-electron chi connectivity index (χ2n) is 6.80. The molecule has 0 aliphatic carbocycles. The predicted octanol–water partition coefficient (Wildman–Crippen LogP) is 4.90. The maximum absolute atomic E-state index is 12.7. The van der Waals surface area contributed by atoms with Crippen LogP contribution in [0.5, 0.6) is 11.5 Å². The Hall–Kier alpha value is -4.13. The van der Waals surface area contributed by atoms with Gasteiger partial charge in [0.05, 0.1) is 18.5 Å². The van der Waals surface area contributed by atoms with Gasteiger partial charge in [0.25, 0.3) is 0 Å². The highest BCUT2D eigenvalue weighted by Gasteiger charge is 2.31. The van der Waals surface area contributed by atoms with Crippen LogP contribution in [0.4, 0.5) is 13.2 Å². The highest BCUT2D eigenvalue weighted by Crippen LogP contribution is 2.36. The Balaban J connectivity index is 2.11. The first-order chi connectivity index (χ1) is 15.6. The van der Waals surface area contributed by atoms with Crippen molar-refractivity contribution in [3.8, 4) is 28.7 Å². The molecule has 3 rings (SSSR count). The molecule has 0 aliphatic rings. The molecule has 0 fully saturated rings. The van der Waals surface area contributed by atoms with Crippen molar-refractivity contribution < 1.29 is 37.3 Å². The molecule has 1 aromatic heterocycles. The fourth-order valence-corrected chi connectivity index (χ4v) is 3.24. The third-order valence-electron chi connectivity index (χ3n) is 4.61. The van der Waals surface area contributed by atoms with E-state index in [1.807, 2.05) is 6.07 Å². The number of carbonyl (C=O) groups excluding carboxylic acids is 2. The van der Waals surface area contributed by atoms with Crippen molar-refractivity contribution >= 4 is 22.7 Å². The molecule has 2 aromatic carbocycles. The molecule has 1 heterocycles. The second kappa shape index (κ2) is 9.56. The van der Waals surface area contributed by atoms with Crippen LogP contribution in [0.2, 0.25) is 0 Å². The molecule has 1 N–H and O–H groups in total. The number of Topliss-reactive ketones (excluding diaryl/α,β-unsaturated/α-hetero) is 1. The van der Waals surface area contributed by atoms with Crippen LogP contribution in [0.25, 0.3) is 22.0 Å². The third-order valence-corrected chi connectivity index (χ3v) is 4.61. The van der Waals surface area contributed by atoms with Gasteiger partial charge in [-0.3, -0.25) is 9.59 Å². The largest absolute Gasteiger partial charge is 0.573 e. The lowest BCUT2D eigenvalue weighted by Gasteiger charge is -2.13. The molecular formula is C23H17F3N2O5. The lowest BCUT2D eigenvalue weighted by molar-refractivity contribution is -0.274. The van der Waals surface area contributed by atoms with Gasteiger partial charge < -0.3 is 14.6 Å². The van der Waals surface area contributed by atoms with Crippen molar-refractivity contribution in [3.63, 3.8) is 0 Å². The number of ether oxygens (including phenoxy) is 2. The molecule has 0 atom stereocenters. The van der Waals surface area contributed by atoms with Crippen molar-refractivity contribution in [2.45, 2.75) is 26.1 Å². The molecular weight excluding hydrogens is 441 g/mol. The summed E-state index contributed by atoms with van der Waals surface area (Å²) >= 11 is 0. The summed E-state index contributed by atoms with van der Waals surface area (Å²) in [6.45, 7) is 1.76. The number of para-hydroxylation sites is 1. The topological polar surface area (TPSA) is 110 Å². The molecule has 0 aliphatic heterocycles. The van der Waals surface area contributed by atoms with Gasteiger partial charge in [-0.1, -0.05) is 30.3 Å². The van der Waals surface area contributed by atoms with Crippen LogP contribution in [0.15, 0.2) is 42.5 Å². The average Bonchev–Trinajstić information content (AvgIpc) is 2.76. The summed E-state index contributed by atoms with van der Waals surface area (Å²) in [5.41, 5.74) is 0.0865. The van der Waals surface area contributed by atoms with Crippen LogP contribution in [-0.2, 0) is 9.53 Å². The molecule has 0 radical (unpaired) electrons. The Morgan fingerprint density at radius 2 is 1.88 bits per heavy atom. The quantitative estimate of drug-likeness (QED) is 0.396. The second-order valence-corrected chi connectivity index (χ2v) is 6.80. The van der Waals surface area contributed by atoms with Crippen LogP contribution in [0.3, 0.4) is 0 Å². The summed E-state index contributed by atoms with van der Waals surface area (Å²) in [7, 11) is 0. The number of hydrogen-bond acceptors (Lipinski definition) is 7. The molecule has 0 spiro atoms. The Bertz CT molecular complexity index is 1270. The van der Waals surface area contributed by atoms with E-state index in [4.69, 9.17) is 4.74 Å². The van der Waals surface area contributed by atoms with Gasteiger partial charge in [0.2, 0.25) is 0 Å². The number of esters is 1. The number of fused-ring (bicyclic) bond motifs is 1. The zero-order valence-electron chi connectivity index (χ0n) is 17.3. The number of ketones is 1. The minimum atomic E-state index is -4.88. The van der Waals surface area contributed by atoms with Gasteiger partial charge in [0.1, 0.15) is 23.1 Å². The molecule has 0 saturated heterocycles. The van der Waals surface area contributed by atoms with E-state index in [1.165, 1.54) is 18.2 Å². The highest BCUT2D eigenvalue weighted by molar-refractivity contribution is 6.05. The zero-order valence-corrected chi connectivity index (χ0v) is 17.3. The molecule has 10 heteroatoms. The first-order valence-electron chi connectivity index (χ1n) is 9.75. The van der Waals surface area contributed by atoms with E-state index in [2.05, 4.69) is 9.72 Å². The highest BCUT2D eigenvalue weighted by atomic mass is 19.4. The predicted molar refractivity (Wildman–Crippen MR) is 110 cm³/mol. The van der Waals surface area contributed by atoms with E-state index >= 15 is 0 Å². The van der Waals surface area contributed by atoms with Gasteiger partial charge in [-0.05, 0) is 24.6 Å². The van der Waals surface area contributed by atoms with Gasteiger partial charge in [-0.2, -0.15) is 5.26 Å². The first-order valence-corrected chi connectivity index (χ1v) is 9.75. The van der Waals surface area contributed by atoms with E-state index in [0.29, 0.717) is 5.56 Å². The summed E-state index contributed by atoms with van der Waals surface area (Å²) in [5.74, 6) is -2.39. The fourth-order valence-electron chi connectivity index (χ4n) is 3.24. The van der Waals surface area contributed by atoms with Gasteiger partial charge in [-0.25, -0.2) is 4.98 Å². The number of pyridine rings is 1. The smallest absolute Gasteiger partial charge is 0.504 e. The zero-order chi connectivity index (χ0) is 24.2. The Morgan fingerprint density at radius 3 is 2.55 bits per heavy atom. The number of benzene rings is 2. The van der Waals surface area contributed by atoms with Crippen LogP contribution < -0.4 is 4.74 Å². The number of halogens is 3. The van der Waals surface area contributed by atoms with Crippen LogP contribution in [0.1, 0.15) is 35.8 Å². The van der Waals surface area contributed by atoms with Crippen LogP contribution >= 0.6 is 0 Å². The number of nitriles is 1. The summed E-state index contributed by atoms with van der Waals surface area (Å²) in [6.07, 6.45) is -5.44. The minimum absolute atomic E-state index is 0.121. The van der Waals surface area contributed by atoms with Crippen molar-refractivity contribution in [2.24, 2.45) is 0 Å².